The van der Waals surface area contributed by atoms with Crippen LogP contribution < -0.4 is 21.9 Å². The number of fused-ring (bicyclic) bond motifs is 1. The zero-order valence-corrected chi connectivity index (χ0v) is 18.3. The highest BCUT2D eigenvalue weighted by Crippen LogP contribution is 2.20. The third-order valence-corrected chi connectivity index (χ3v) is 5.43. The van der Waals surface area contributed by atoms with Crippen LogP contribution in [-0.2, 0) is 17.8 Å². The largest absolute Gasteiger partial charge is 0.383 e. The Bertz CT molecular complexity index is 1470. The van der Waals surface area contributed by atoms with E-state index >= 15 is 0 Å². The Morgan fingerprint density at radius 3 is 2.60 bits per heavy atom. The van der Waals surface area contributed by atoms with Crippen LogP contribution in [0.4, 0.5) is 14.6 Å². The number of aromatic nitrogens is 2. The van der Waals surface area contributed by atoms with Gasteiger partial charge in [0.1, 0.15) is 17.4 Å². The summed E-state index contributed by atoms with van der Waals surface area (Å²) in [4.78, 5) is 44.1. The van der Waals surface area contributed by atoms with Crippen LogP contribution in [0.2, 0.25) is 0 Å². The van der Waals surface area contributed by atoms with Gasteiger partial charge in [-0.1, -0.05) is 18.2 Å². The number of benzene rings is 2. The van der Waals surface area contributed by atoms with Gasteiger partial charge in [0.2, 0.25) is 5.91 Å². The third-order valence-electron chi connectivity index (χ3n) is 5.43. The van der Waals surface area contributed by atoms with Crippen molar-refractivity contribution in [1.29, 1.82) is 0 Å². The normalized spacial score (nSPS) is 11.7. The maximum absolute atomic E-state index is 13.7. The van der Waals surface area contributed by atoms with E-state index in [0.29, 0.717) is 11.4 Å². The molecule has 2 aromatic carbocycles. The number of aromatic amines is 1. The summed E-state index contributed by atoms with van der Waals surface area (Å²) < 4.78 is 27.1. The lowest BCUT2D eigenvalue weighted by atomic mass is 10.0. The van der Waals surface area contributed by atoms with Gasteiger partial charge in [0.25, 0.3) is 11.5 Å². The van der Waals surface area contributed by atoms with Crippen LogP contribution in [0.1, 0.15) is 21.5 Å². The number of anilines is 1. The first-order valence-electron chi connectivity index (χ1n) is 10.6. The number of nitrogen functional groups attached to an aromatic ring is 1. The van der Waals surface area contributed by atoms with Gasteiger partial charge in [-0.2, -0.15) is 0 Å². The molecule has 10 heteroatoms. The number of hydrogen-bond donors (Lipinski definition) is 4. The number of nitrogens with one attached hydrogen (secondary N) is 3. The zero-order chi connectivity index (χ0) is 24.9. The van der Waals surface area contributed by atoms with Gasteiger partial charge >= 0.3 is 0 Å². The zero-order valence-electron chi connectivity index (χ0n) is 18.3. The summed E-state index contributed by atoms with van der Waals surface area (Å²) in [6.45, 7) is 0.132. The maximum atomic E-state index is 13.7. The van der Waals surface area contributed by atoms with Crippen molar-refractivity contribution in [2.45, 2.75) is 19.0 Å². The number of amides is 2. The molecule has 0 saturated heterocycles. The number of carbonyl (C=O) groups is 2. The quantitative estimate of drug-likeness (QED) is 0.325. The van der Waals surface area contributed by atoms with E-state index in [0.717, 1.165) is 28.5 Å². The van der Waals surface area contributed by atoms with Crippen molar-refractivity contribution in [1.82, 2.24) is 20.6 Å². The van der Waals surface area contributed by atoms with E-state index in [-0.39, 0.29) is 18.5 Å². The number of carbonyl (C=O) groups excluding carboxylic acids is 2. The molecule has 0 fully saturated rings. The minimum absolute atomic E-state index is 0.126. The number of hydrogen-bond acceptors (Lipinski definition) is 5. The van der Waals surface area contributed by atoms with Crippen molar-refractivity contribution in [3.8, 4) is 0 Å². The predicted molar refractivity (Wildman–Crippen MR) is 126 cm³/mol. The molecule has 2 amide bonds. The summed E-state index contributed by atoms with van der Waals surface area (Å²) >= 11 is 0. The second kappa shape index (κ2) is 10.1. The molecule has 0 aliphatic rings. The molecule has 0 aliphatic carbocycles. The highest BCUT2D eigenvalue weighted by atomic mass is 19.2. The molecule has 0 radical (unpaired) electrons. The fourth-order valence-electron chi connectivity index (χ4n) is 3.62. The van der Waals surface area contributed by atoms with Crippen LogP contribution in [0.25, 0.3) is 10.8 Å². The highest BCUT2D eigenvalue weighted by molar-refractivity contribution is 5.97. The smallest absolute Gasteiger partial charge is 0.260 e. The summed E-state index contributed by atoms with van der Waals surface area (Å²) in [7, 11) is 0. The molecule has 178 valence electrons. The predicted octanol–water partition coefficient (Wildman–Crippen LogP) is 2.44. The van der Waals surface area contributed by atoms with E-state index in [1.54, 1.807) is 24.4 Å². The van der Waals surface area contributed by atoms with E-state index < -0.39 is 35.0 Å². The molecule has 35 heavy (non-hydrogen) atoms. The molecule has 1 atom stereocenters. The molecule has 8 nitrogen and oxygen atoms in total. The standard InChI is InChI=1S/C25H21F2N5O3/c26-19-6-4-14(11-20(19)27)12-21(32-24(34)18-2-1-8-30-23(18)33)25(35)31-13-15-3-5-17-16(10-15)7-9-29-22(17)28/h1-11,21H,12-13H2,(H2,28,29)(H,30,33)(H,31,35)(H,32,34)/t21-/m0/s1. The van der Waals surface area contributed by atoms with Crippen LogP contribution in [0, 0.1) is 11.6 Å². The van der Waals surface area contributed by atoms with Crippen LogP contribution in [-0.4, -0.2) is 27.8 Å². The number of nitrogens with zero attached hydrogens (tertiary/aromatic N) is 1. The lowest BCUT2D eigenvalue weighted by Gasteiger charge is -2.19. The number of pyridine rings is 2. The van der Waals surface area contributed by atoms with Gasteiger partial charge < -0.3 is 21.4 Å². The maximum Gasteiger partial charge on any atom is 0.260 e. The van der Waals surface area contributed by atoms with Crippen LogP contribution in [0.5, 0.6) is 0 Å². The Balaban J connectivity index is 1.53. The lowest BCUT2D eigenvalue weighted by molar-refractivity contribution is -0.123. The Morgan fingerprint density at radius 1 is 1.03 bits per heavy atom. The molecular weight excluding hydrogens is 456 g/mol. The molecule has 0 unspecified atom stereocenters. The number of halogens is 2. The summed E-state index contributed by atoms with van der Waals surface area (Å²) in [6.07, 6.45) is 2.83. The molecule has 2 heterocycles. The second-order valence-corrected chi connectivity index (χ2v) is 7.86. The first-order chi connectivity index (χ1) is 16.8. The monoisotopic (exact) mass is 477 g/mol. The van der Waals surface area contributed by atoms with Crippen molar-refractivity contribution >= 4 is 28.4 Å². The van der Waals surface area contributed by atoms with Gasteiger partial charge in [-0.25, -0.2) is 13.8 Å². The van der Waals surface area contributed by atoms with E-state index in [4.69, 9.17) is 5.73 Å². The molecule has 2 aromatic heterocycles. The summed E-state index contributed by atoms with van der Waals surface area (Å²) in [5, 5.41) is 6.88. The number of nitrogens with two attached hydrogens (primary N) is 1. The fourth-order valence-corrected chi connectivity index (χ4v) is 3.62. The molecule has 4 rings (SSSR count). The van der Waals surface area contributed by atoms with Crippen molar-refractivity contribution < 1.29 is 18.4 Å². The van der Waals surface area contributed by atoms with Crippen LogP contribution in [0.15, 0.2) is 71.8 Å². The minimum atomic E-state index is -1.16. The van der Waals surface area contributed by atoms with Crippen molar-refractivity contribution in [2.24, 2.45) is 0 Å². The number of H-pyrrole nitrogens is 1. The molecule has 0 aliphatic heterocycles. The molecular formula is C25H21F2N5O3. The van der Waals surface area contributed by atoms with Gasteiger partial charge in [-0.3, -0.25) is 14.4 Å². The van der Waals surface area contributed by atoms with Crippen LogP contribution in [0.3, 0.4) is 0 Å². The molecule has 0 saturated carbocycles. The Hall–Kier alpha value is -4.60. The Kier molecular flexibility index (Phi) is 6.81. The number of rotatable bonds is 7. The Labute approximate surface area is 198 Å². The fraction of sp³-hybridized carbons (Fsp3) is 0.120. The topological polar surface area (TPSA) is 130 Å². The van der Waals surface area contributed by atoms with Crippen molar-refractivity contribution in [3.63, 3.8) is 0 Å². The van der Waals surface area contributed by atoms with Gasteiger partial charge in [-0.05, 0) is 52.9 Å². The first kappa shape index (κ1) is 23.6. The molecule has 0 spiro atoms. The molecule has 4 aromatic rings. The van der Waals surface area contributed by atoms with Gasteiger partial charge in [0, 0.05) is 30.7 Å². The highest BCUT2D eigenvalue weighted by Gasteiger charge is 2.23. The van der Waals surface area contributed by atoms with Gasteiger partial charge in [0.05, 0.1) is 0 Å². The summed E-state index contributed by atoms with van der Waals surface area (Å²) in [5.74, 6) is -3.05. The second-order valence-electron chi connectivity index (χ2n) is 7.86. The average molecular weight is 477 g/mol. The first-order valence-corrected chi connectivity index (χ1v) is 10.6. The lowest BCUT2D eigenvalue weighted by Crippen LogP contribution is -2.48. The summed E-state index contributed by atoms with van der Waals surface area (Å²) in [6, 6.07) is 12.1. The van der Waals surface area contributed by atoms with Crippen molar-refractivity contribution in [3.05, 3.63) is 106 Å². The third kappa shape index (κ3) is 5.49. The van der Waals surface area contributed by atoms with Crippen LogP contribution >= 0.6 is 0 Å². The van der Waals surface area contributed by atoms with Gasteiger partial charge in [-0.15, -0.1) is 0 Å². The van der Waals surface area contributed by atoms with E-state index in [1.165, 1.54) is 24.4 Å². The van der Waals surface area contributed by atoms with Crippen molar-refractivity contribution in [2.75, 3.05) is 5.73 Å². The summed E-state index contributed by atoms with van der Waals surface area (Å²) in [5.41, 5.74) is 6.13. The van der Waals surface area contributed by atoms with E-state index in [1.807, 2.05) is 6.07 Å². The van der Waals surface area contributed by atoms with Gasteiger partial charge in [0.15, 0.2) is 11.6 Å². The molecule has 5 N–H and O–H groups in total. The SMILES string of the molecule is Nc1nccc2cc(CNC(=O)[C@H](Cc3ccc(F)c(F)c3)NC(=O)c3ccc[nH]c3=O)ccc12. The minimum Gasteiger partial charge on any atom is -0.383 e. The molecule has 0 bridgehead atoms. The average Bonchev–Trinajstić information content (AvgIpc) is 2.84. The van der Waals surface area contributed by atoms with E-state index in [9.17, 15) is 23.2 Å². The Morgan fingerprint density at radius 2 is 1.83 bits per heavy atom. The van der Waals surface area contributed by atoms with E-state index in [2.05, 4.69) is 20.6 Å².